The van der Waals surface area contributed by atoms with Crippen LogP contribution in [0.2, 0.25) is 0 Å². The predicted molar refractivity (Wildman–Crippen MR) is 119 cm³/mol. The Morgan fingerprint density at radius 1 is 1.03 bits per heavy atom. The summed E-state index contributed by atoms with van der Waals surface area (Å²) in [4.78, 5) is 25.3. The van der Waals surface area contributed by atoms with E-state index in [1.165, 1.54) is 31.0 Å². The van der Waals surface area contributed by atoms with Crippen LogP contribution in [0.4, 0.5) is 10.1 Å². The number of hydrogen-bond acceptors (Lipinski definition) is 5. The van der Waals surface area contributed by atoms with Crippen molar-refractivity contribution < 1.29 is 23.5 Å². The largest absolute Gasteiger partial charge is 0.489 e. The molecular weight excluding hydrogens is 417 g/mol. The molecule has 0 saturated heterocycles. The Kier molecular flexibility index (Phi) is 7.67. The van der Waals surface area contributed by atoms with Crippen molar-refractivity contribution in [1.29, 1.82) is 0 Å². The van der Waals surface area contributed by atoms with E-state index in [1.807, 2.05) is 6.07 Å². The molecule has 0 aliphatic heterocycles. The highest BCUT2D eigenvalue weighted by Crippen LogP contribution is 2.28. The number of benzene rings is 3. The standard InChI is InChI=1S/C24H22FNO4S/c1-16(24(28)29-2)31-22-12-4-3-11-21(22)23(27)26-19-9-6-10-20(14-19)30-15-17-7-5-8-18(25)13-17/h3-14,16H,15H2,1-2H3,(H,26,27). The van der Waals surface area contributed by atoms with E-state index >= 15 is 0 Å². The monoisotopic (exact) mass is 439 g/mol. The maximum Gasteiger partial charge on any atom is 0.318 e. The molecule has 0 aromatic heterocycles. The Balaban J connectivity index is 1.68. The van der Waals surface area contributed by atoms with Gasteiger partial charge in [0.25, 0.3) is 5.91 Å². The molecule has 1 amide bonds. The summed E-state index contributed by atoms with van der Waals surface area (Å²) in [5.41, 5.74) is 1.72. The fraction of sp³-hybridized carbons (Fsp3) is 0.167. The highest BCUT2D eigenvalue weighted by molar-refractivity contribution is 8.00. The molecule has 1 N–H and O–H groups in total. The van der Waals surface area contributed by atoms with E-state index in [-0.39, 0.29) is 24.3 Å². The van der Waals surface area contributed by atoms with Crippen molar-refractivity contribution >= 4 is 29.3 Å². The van der Waals surface area contributed by atoms with Crippen LogP contribution in [0.15, 0.2) is 77.7 Å². The molecule has 0 fully saturated rings. The number of amides is 1. The lowest BCUT2D eigenvalue weighted by Gasteiger charge is -2.13. The molecule has 7 heteroatoms. The van der Waals surface area contributed by atoms with E-state index < -0.39 is 5.25 Å². The third-order valence-corrected chi connectivity index (χ3v) is 5.51. The van der Waals surface area contributed by atoms with E-state index in [1.54, 1.807) is 61.5 Å². The van der Waals surface area contributed by atoms with Crippen molar-refractivity contribution in [3.05, 3.63) is 89.7 Å². The van der Waals surface area contributed by atoms with Gasteiger partial charge in [-0.25, -0.2) is 4.39 Å². The summed E-state index contributed by atoms with van der Waals surface area (Å²) in [6, 6.07) is 20.2. The second-order valence-electron chi connectivity index (χ2n) is 6.68. The van der Waals surface area contributed by atoms with E-state index in [9.17, 15) is 14.0 Å². The van der Waals surface area contributed by atoms with E-state index in [4.69, 9.17) is 9.47 Å². The van der Waals surface area contributed by atoms with Gasteiger partial charge >= 0.3 is 5.97 Å². The third kappa shape index (κ3) is 6.33. The number of hydrogen-bond donors (Lipinski definition) is 1. The molecule has 5 nitrogen and oxygen atoms in total. The Hall–Kier alpha value is -3.32. The molecule has 31 heavy (non-hydrogen) atoms. The first-order valence-corrected chi connectivity index (χ1v) is 10.5. The van der Waals surface area contributed by atoms with Crippen molar-refractivity contribution in [2.45, 2.75) is 23.7 Å². The Morgan fingerprint density at radius 2 is 1.81 bits per heavy atom. The van der Waals surface area contributed by atoms with E-state index in [0.717, 1.165) is 0 Å². The number of carbonyl (C=O) groups is 2. The average Bonchev–Trinajstić information content (AvgIpc) is 2.77. The van der Waals surface area contributed by atoms with Crippen LogP contribution in [0.1, 0.15) is 22.8 Å². The van der Waals surface area contributed by atoms with E-state index in [0.29, 0.717) is 27.5 Å². The maximum absolute atomic E-state index is 13.3. The van der Waals surface area contributed by atoms with Gasteiger partial charge in [0.15, 0.2) is 0 Å². The summed E-state index contributed by atoms with van der Waals surface area (Å²) >= 11 is 1.26. The van der Waals surface area contributed by atoms with Crippen LogP contribution in [-0.4, -0.2) is 24.2 Å². The van der Waals surface area contributed by atoms with Gasteiger partial charge in [0.2, 0.25) is 0 Å². The predicted octanol–water partition coefficient (Wildman–Crippen LogP) is 5.31. The van der Waals surface area contributed by atoms with Gasteiger partial charge in [0, 0.05) is 16.6 Å². The Labute approximate surface area is 184 Å². The molecule has 0 spiro atoms. The van der Waals surface area contributed by atoms with Crippen LogP contribution >= 0.6 is 11.8 Å². The van der Waals surface area contributed by atoms with Crippen LogP contribution in [-0.2, 0) is 16.1 Å². The quantitative estimate of drug-likeness (QED) is 0.381. The number of thioether (sulfide) groups is 1. The maximum atomic E-state index is 13.3. The van der Waals surface area contributed by atoms with Crippen molar-refractivity contribution in [2.24, 2.45) is 0 Å². The summed E-state index contributed by atoms with van der Waals surface area (Å²) in [5, 5.41) is 2.41. The van der Waals surface area contributed by atoms with Crippen molar-refractivity contribution in [2.75, 3.05) is 12.4 Å². The topological polar surface area (TPSA) is 64.6 Å². The van der Waals surface area contributed by atoms with E-state index in [2.05, 4.69) is 5.32 Å². The number of carbonyl (C=O) groups excluding carboxylic acids is 2. The molecule has 0 heterocycles. The number of esters is 1. The average molecular weight is 440 g/mol. The lowest BCUT2D eigenvalue weighted by Crippen LogP contribution is -2.17. The van der Waals surface area contributed by atoms with Crippen LogP contribution in [0.25, 0.3) is 0 Å². The minimum Gasteiger partial charge on any atom is -0.489 e. The SMILES string of the molecule is COC(=O)C(C)Sc1ccccc1C(=O)Nc1cccc(OCc2cccc(F)c2)c1. The van der Waals surface area contributed by atoms with Gasteiger partial charge in [-0.1, -0.05) is 30.3 Å². The number of anilines is 1. The summed E-state index contributed by atoms with van der Waals surface area (Å²) in [6.07, 6.45) is 0. The molecule has 3 aromatic carbocycles. The zero-order valence-corrected chi connectivity index (χ0v) is 17.9. The molecule has 1 unspecified atom stereocenters. The molecule has 160 valence electrons. The minimum absolute atomic E-state index is 0.208. The summed E-state index contributed by atoms with van der Waals surface area (Å²) in [5.74, 6) is -0.435. The number of halogens is 1. The van der Waals surface area contributed by atoms with Crippen LogP contribution in [0.3, 0.4) is 0 Å². The summed E-state index contributed by atoms with van der Waals surface area (Å²) in [6.45, 7) is 1.94. The van der Waals surface area contributed by atoms with Crippen LogP contribution in [0, 0.1) is 5.82 Å². The molecule has 0 saturated carbocycles. The molecule has 0 aliphatic carbocycles. The first kappa shape index (κ1) is 22.4. The van der Waals surface area contributed by atoms with Gasteiger partial charge in [0.05, 0.1) is 12.7 Å². The molecule has 3 aromatic rings. The lowest BCUT2D eigenvalue weighted by molar-refractivity contribution is -0.139. The molecule has 0 radical (unpaired) electrons. The van der Waals surface area contributed by atoms with Gasteiger partial charge in [-0.15, -0.1) is 11.8 Å². The fourth-order valence-electron chi connectivity index (χ4n) is 2.82. The molecule has 0 bridgehead atoms. The van der Waals surface area contributed by atoms with Gasteiger partial charge in [-0.05, 0) is 48.9 Å². The minimum atomic E-state index is -0.446. The van der Waals surface area contributed by atoms with Crippen LogP contribution < -0.4 is 10.1 Å². The second-order valence-corrected chi connectivity index (χ2v) is 8.06. The summed E-state index contributed by atoms with van der Waals surface area (Å²) in [7, 11) is 1.33. The molecule has 3 rings (SSSR count). The van der Waals surface area contributed by atoms with Gasteiger partial charge in [-0.3, -0.25) is 9.59 Å². The van der Waals surface area contributed by atoms with Gasteiger partial charge in [0.1, 0.15) is 23.4 Å². The zero-order valence-electron chi connectivity index (χ0n) is 17.1. The molecule has 1 atom stereocenters. The zero-order chi connectivity index (χ0) is 22.2. The van der Waals surface area contributed by atoms with Gasteiger partial charge in [-0.2, -0.15) is 0 Å². The fourth-order valence-corrected chi connectivity index (χ4v) is 3.84. The highest BCUT2D eigenvalue weighted by Gasteiger charge is 2.19. The van der Waals surface area contributed by atoms with Crippen molar-refractivity contribution in [1.82, 2.24) is 0 Å². The number of nitrogens with one attached hydrogen (secondary N) is 1. The van der Waals surface area contributed by atoms with Crippen LogP contribution in [0.5, 0.6) is 5.75 Å². The summed E-state index contributed by atoms with van der Waals surface area (Å²) < 4.78 is 23.8. The van der Waals surface area contributed by atoms with Crippen molar-refractivity contribution in [3.8, 4) is 5.75 Å². The number of methoxy groups -OCH3 is 1. The first-order chi connectivity index (χ1) is 15.0. The molecular formula is C24H22FNO4S. The molecule has 0 aliphatic rings. The Bertz CT molecular complexity index is 1070. The second kappa shape index (κ2) is 10.6. The normalized spacial score (nSPS) is 11.5. The lowest BCUT2D eigenvalue weighted by atomic mass is 10.2. The van der Waals surface area contributed by atoms with Gasteiger partial charge < -0.3 is 14.8 Å². The van der Waals surface area contributed by atoms with Crippen molar-refractivity contribution in [3.63, 3.8) is 0 Å². The highest BCUT2D eigenvalue weighted by atomic mass is 32.2. The number of rotatable bonds is 8. The number of ether oxygens (including phenoxy) is 2. The smallest absolute Gasteiger partial charge is 0.318 e. The Morgan fingerprint density at radius 3 is 2.58 bits per heavy atom. The third-order valence-electron chi connectivity index (χ3n) is 4.35. The first-order valence-electron chi connectivity index (χ1n) is 9.58.